The van der Waals surface area contributed by atoms with Crippen molar-refractivity contribution in [3.8, 4) is 0 Å². The van der Waals surface area contributed by atoms with Gasteiger partial charge in [0.25, 0.3) is 0 Å². The minimum Gasteiger partial charge on any atom is -0.333 e. The Morgan fingerprint density at radius 1 is 1.50 bits per heavy atom. The topological polar surface area (TPSA) is 29.1 Å². The fourth-order valence-corrected chi connectivity index (χ4v) is 0.535. The van der Waals surface area contributed by atoms with E-state index >= 15 is 0 Å². The molecule has 0 saturated heterocycles. The van der Waals surface area contributed by atoms with Gasteiger partial charge in [0.2, 0.25) is 5.91 Å². The Balaban J connectivity index is 3.81. The summed E-state index contributed by atoms with van der Waals surface area (Å²) in [5.41, 5.74) is 0. The van der Waals surface area contributed by atoms with E-state index in [2.05, 4.69) is 11.9 Å². The standard InChI is InChI=1S/C8H15NO/c1-5-9-8(10)7(4)6(2)3/h5-7H,1H2,2-4H3,(H,9,10). The van der Waals surface area contributed by atoms with Crippen LogP contribution in [0.3, 0.4) is 0 Å². The van der Waals surface area contributed by atoms with E-state index in [1.54, 1.807) is 0 Å². The molecule has 0 saturated carbocycles. The average molecular weight is 141 g/mol. The highest BCUT2D eigenvalue weighted by Crippen LogP contribution is 2.08. The largest absolute Gasteiger partial charge is 0.333 e. The molecule has 0 fully saturated rings. The maximum absolute atomic E-state index is 11.0. The van der Waals surface area contributed by atoms with Crippen LogP contribution in [0.1, 0.15) is 20.8 Å². The Morgan fingerprint density at radius 3 is 2.30 bits per heavy atom. The number of rotatable bonds is 3. The van der Waals surface area contributed by atoms with Gasteiger partial charge in [-0.25, -0.2) is 0 Å². The van der Waals surface area contributed by atoms with E-state index in [1.165, 1.54) is 6.20 Å². The zero-order valence-corrected chi connectivity index (χ0v) is 6.85. The molecule has 0 bridgehead atoms. The summed E-state index contributed by atoms with van der Waals surface area (Å²) in [5.74, 6) is 0.503. The molecule has 1 amide bonds. The summed E-state index contributed by atoms with van der Waals surface area (Å²) < 4.78 is 0. The first-order chi connectivity index (χ1) is 4.59. The molecule has 1 unspecified atom stereocenters. The molecular formula is C8H15NO. The van der Waals surface area contributed by atoms with Crippen LogP contribution in [0.2, 0.25) is 0 Å². The molecule has 0 aliphatic heterocycles. The lowest BCUT2D eigenvalue weighted by Crippen LogP contribution is -2.27. The number of nitrogens with one attached hydrogen (secondary N) is 1. The van der Waals surface area contributed by atoms with E-state index in [0.29, 0.717) is 5.92 Å². The molecule has 0 aliphatic carbocycles. The Hall–Kier alpha value is -0.790. The van der Waals surface area contributed by atoms with E-state index in [-0.39, 0.29) is 11.8 Å². The van der Waals surface area contributed by atoms with Crippen LogP contribution in [-0.4, -0.2) is 5.91 Å². The van der Waals surface area contributed by atoms with E-state index < -0.39 is 0 Å². The third kappa shape index (κ3) is 2.67. The highest BCUT2D eigenvalue weighted by Gasteiger charge is 2.14. The third-order valence-corrected chi connectivity index (χ3v) is 1.66. The maximum Gasteiger partial charge on any atom is 0.226 e. The van der Waals surface area contributed by atoms with Crippen molar-refractivity contribution >= 4 is 5.91 Å². The molecular weight excluding hydrogens is 126 g/mol. The number of hydrogen-bond acceptors (Lipinski definition) is 1. The lowest BCUT2D eigenvalue weighted by molar-refractivity contribution is -0.124. The molecule has 0 aliphatic rings. The lowest BCUT2D eigenvalue weighted by atomic mass is 9.97. The smallest absolute Gasteiger partial charge is 0.226 e. The second-order valence-corrected chi connectivity index (χ2v) is 2.75. The predicted octanol–water partition coefficient (Wildman–Crippen LogP) is 1.54. The van der Waals surface area contributed by atoms with Crippen molar-refractivity contribution in [1.82, 2.24) is 5.32 Å². The molecule has 0 heterocycles. The molecule has 2 nitrogen and oxygen atoms in total. The van der Waals surface area contributed by atoms with Crippen molar-refractivity contribution in [1.29, 1.82) is 0 Å². The van der Waals surface area contributed by atoms with E-state index in [4.69, 9.17) is 0 Å². The zero-order chi connectivity index (χ0) is 8.15. The van der Waals surface area contributed by atoms with Gasteiger partial charge in [0, 0.05) is 5.92 Å². The van der Waals surface area contributed by atoms with Crippen LogP contribution in [0.25, 0.3) is 0 Å². The Bertz CT molecular complexity index is 129. The molecule has 1 atom stereocenters. The van der Waals surface area contributed by atoms with Gasteiger partial charge in [0.1, 0.15) is 0 Å². The Morgan fingerprint density at radius 2 is 2.00 bits per heavy atom. The summed E-state index contributed by atoms with van der Waals surface area (Å²) in [6, 6.07) is 0. The van der Waals surface area contributed by atoms with Crippen molar-refractivity contribution in [3.63, 3.8) is 0 Å². The van der Waals surface area contributed by atoms with Gasteiger partial charge in [-0.2, -0.15) is 0 Å². The van der Waals surface area contributed by atoms with Crippen LogP contribution >= 0.6 is 0 Å². The van der Waals surface area contributed by atoms with Gasteiger partial charge in [-0.3, -0.25) is 4.79 Å². The van der Waals surface area contributed by atoms with Crippen LogP contribution in [0.4, 0.5) is 0 Å². The molecule has 0 radical (unpaired) electrons. The van der Waals surface area contributed by atoms with Gasteiger partial charge in [0.15, 0.2) is 0 Å². The monoisotopic (exact) mass is 141 g/mol. The van der Waals surface area contributed by atoms with Crippen molar-refractivity contribution in [2.75, 3.05) is 0 Å². The normalized spacial score (nSPS) is 12.8. The summed E-state index contributed by atoms with van der Waals surface area (Å²) in [7, 11) is 0. The highest BCUT2D eigenvalue weighted by molar-refractivity contribution is 5.79. The van der Waals surface area contributed by atoms with Crippen molar-refractivity contribution in [3.05, 3.63) is 12.8 Å². The summed E-state index contributed by atoms with van der Waals surface area (Å²) in [5, 5.41) is 2.55. The van der Waals surface area contributed by atoms with Gasteiger partial charge in [-0.15, -0.1) is 0 Å². The lowest BCUT2D eigenvalue weighted by Gasteiger charge is -2.12. The van der Waals surface area contributed by atoms with E-state index in [1.807, 2.05) is 20.8 Å². The average Bonchev–Trinajstić information content (AvgIpc) is 1.87. The van der Waals surface area contributed by atoms with Crippen LogP contribution < -0.4 is 5.32 Å². The minimum absolute atomic E-state index is 0.0463. The van der Waals surface area contributed by atoms with E-state index in [9.17, 15) is 4.79 Å². The van der Waals surface area contributed by atoms with Crippen LogP contribution in [0, 0.1) is 11.8 Å². The molecule has 0 spiro atoms. The second-order valence-electron chi connectivity index (χ2n) is 2.75. The molecule has 10 heavy (non-hydrogen) atoms. The quantitative estimate of drug-likeness (QED) is 0.634. The van der Waals surface area contributed by atoms with Gasteiger partial charge >= 0.3 is 0 Å². The summed E-state index contributed by atoms with van der Waals surface area (Å²) in [4.78, 5) is 11.0. The highest BCUT2D eigenvalue weighted by atomic mass is 16.1. The second kappa shape index (κ2) is 4.09. The fourth-order valence-electron chi connectivity index (χ4n) is 0.535. The molecule has 1 N–H and O–H groups in total. The summed E-state index contributed by atoms with van der Waals surface area (Å²) in [6.45, 7) is 9.36. The molecule has 0 rings (SSSR count). The number of amides is 1. The Labute approximate surface area is 62.3 Å². The molecule has 58 valence electrons. The summed E-state index contributed by atoms with van der Waals surface area (Å²) >= 11 is 0. The van der Waals surface area contributed by atoms with Crippen molar-refractivity contribution < 1.29 is 4.79 Å². The first kappa shape index (κ1) is 9.21. The van der Waals surface area contributed by atoms with Gasteiger partial charge in [-0.1, -0.05) is 27.4 Å². The maximum atomic E-state index is 11.0. The van der Waals surface area contributed by atoms with Crippen LogP contribution in [-0.2, 0) is 4.79 Å². The third-order valence-electron chi connectivity index (χ3n) is 1.66. The number of carbonyl (C=O) groups excluding carboxylic acids is 1. The molecule has 0 aromatic carbocycles. The molecule has 0 aromatic heterocycles. The van der Waals surface area contributed by atoms with Gasteiger partial charge in [0.05, 0.1) is 0 Å². The number of carbonyl (C=O) groups is 1. The van der Waals surface area contributed by atoms with Crippen molar-refractivity contribution in [2.24, 2.45) is 11.8 Å². The van der Waals surface area contributed by atoms with Crippen molar-refractivity contribution in [2.45, 2.75) is 20.8 Å². The molecule has 2 heteroatoms. The predicted molar refractivity (Wildman–Crippen MR) is 42.3 cm³/mol. The van der Waals surface area contributed by atoms with Gasteiger partial charge < -0.3 is 5.32 Å². The van der Waals surface area contributed by atoms with Crippen LogP contribution in [0.5, 0.6) is 0 Å². The first-order valence-corrected chi connectivity index (χ1v) is 3.51. The van der Waals surface area contributed by atoms with Gasteiger partial charge in [-0.05, 0) is 12.1 Å². The zero-order valence-electron chi connectivity index (χ0n) is 6.85. The number of hydrogen-bond donors (Lipinski definition) is 1. The molecule has 0 aromatic rings. The van der Waals surface area contributed by atoms with E-state index in [0.717, 1.165) is 0 Å². The first-order valence-electron chi connectivity index (χ1n) is 3.51. The summed E-state index contributed by atoms with van der Waals surface area (Å²) in [6.07, 6.45) is 1.42. The minimum atomic E-state index is 0.0463. The SMILES string of the molecule is C=CNC(=O)C(C)C(C)C. The van der Waals surface area contributed by atoms with Crippen LogP contribution in [0.15, 0.2) is 12.8 Å². The Kier molecular flexibility index (Phi) is 3.77. The fraction of sp³-hybridized carbons (Fsp3) is 0.625.